The molecule has 4 nitrogen and oxygen atoms in total. The Balaban J connectivity index is 1.96. The molecule has 0 saturated carbocycles. The van der Waals surface area contributed by atoms with Gasteiger partial charge in [-0.05, 0) is 61.0 Å². The topological polar surface area (TPSA) is 50.4 Å². The number of hydrogen-bond donors (Lipinski definition) is 2. The van der Waals surface area contributed by atoms with Gasteiger partial charge in [-0.1, -0.05) is 32.0 Å². The predicted molar refractivity (Wildman–Crippen MR) is 102 cm³/mol. The average molecular weight is 342 g/mol. The van der Waals surface area contributed by atoms with Gasteiger partial charge in [0.1, 0.15) is 5.75 Å². The molecule has 2 rings (SSSR count). The van der Waals surface area contributed by atoms with Crippen molar-refractivity contribution in [1.82, 2.24) is 5.32 Å². The summed E-state index contributed by atoms with van der Waals surface area (Å²) in [6.45, 7) is 6.76. The highest BCUT2D eigenvalue weighted by molar-refractivity contribution is 7.80. The number of thiocarbonyl (C=S) groups is 1. The van der Waals surface area contributed by atoms with Crippen molar-refractivity contribution in [2.75, 3.05) is 11.9 Å². The molecule has 0 atom stereocenters. The molecule has 0 aliphatic heterocycles. The Bertz CT molecular complexity index is 729. The van der Waals surface area contributed by atoms with Crippen LogP contribution in [-0.4, -0.2) is 17.6 Å². The van der Waals surface area contributed by atoms with Crippen LogP contribution < -0.4 is 15.4 Å². The quantitative estimate of drug-likeness (QED) is 0.801. The van der Waals surface area contributed by atoms with Crippen LogP contribution in [0.15, 0.2) is 48.5 Å². The fraction of sp³-hybridized carbons (Fsp3) is 0.263. The first-order valence-corrected chi connectivity index (χ1v) is 8.26. The molecule has 0 aliphatic carbocycles. The second-order valence-corrected chi connectivity index (χ2v) is 6.42. The zero-order valence-electron chi connectivity index (χ0n) is 14.1. The smallest absolute Gasteiger partial charge is 0.257 e. The Morgan fingerprint density at radius 3 is 2.62 bits per heavy atom. The molecule has 0 aliphatic rings. The van der Waals surface area contributed by atoms with E-state index in [1.807, 2.05) is 37.3 Å². The third-order valence-corrected chi connectivity index (χ3v) is 3.39. The van der Waals surface area contributed by atoms with Crippen molar-refractivity contribution >= 4 is 28.9 Å². The fourth-order valence-corrected chi connectivity index (χ4v) is 2.26. The molecule has 0 spiro atoms. The number of amides is 1. The van der Waals surface area contributed by atoms with E-state index in [9.17, 15) is 4.79 Å². The molecule has 2 aromatic carbocycles. The molecular weight excluding hydrogens is 320 g/mol. The van der Waals surface area contributed by atoms with Crippen molar-refractivity contribution in [3.63, 3.8) is 0 Å². The Morgan fingerprint density at radius 1 is 1.17 bits per heavy atom. The summed E-state index contributed by atoms with van der Waals surface area (Å²) in [4.78, 5) is 12.3. The van der Waals surface area contributed by atoms with Gasteiger partial charge in [0.15, 0.2) is 5.11 Å². The maximum atomic E-state index is 12.3. The van der Waals surface area contributed by atoms with Crippen LogP contribution in [-0.2, 0) is 0 Å². The lowest BCUT2D eigenvalue weighted by Crippen LogP contribution is -2.34. The molecule has 1 amide bonds. The predicted octanol–water partition coefficient (Wildman–Crippen LogP) is 4.16. The van der Waals surface area contributed by atoms with Gasteiger partial charge in [0.2, 0.25) is 0 Å². The fourth-order valence-electron chi connectivity index (χ4n) is 2.05. The molecular formula is C19H22N2O2S. The Kier molecular flexibility index (Phi) is 6.32. The molecule has 24 heavy (non-hydrogen) atoms. The van der Waals surface area contributed by atoms with Crippen LogP contribution in [0, 0.1) is 12.8 Å². The summed E-state index contributed by atoms with van der Waals surface area (Å²) >= 11 is 5.20. The Hall–Kier alpha value is -2.40. The van der Waals surface area contributed by atoms with Crippen molar-refractivity contribution in [1.29, 1.82) is 0 Å². The monoisotopic (exact) mass is 342 g/mol. The standard InChI is InChI=1S/C19H22N2O2S/c1-13(2)12-23-17-9-5-7-15(11-17)18(22)21-19(24)20-16-8-4-6-14(3)10-16/h4-11,13H,12H2,1-3H3,(H2,20,21,22,24). The molecule has 0 heterocycles. The van der Waals surface area contributed by atoms with E-state index in [0.29, 0.717) is 23.8 Å². The first kappa shape index (κ1) is 17.9. The summed E-state index contributed by atoms with van der Waals surface area (Å²) in [6.07, 6.45) is 0. The number of hydrogen-bond acceptors (Lipinski definition) is 3. The molecule has 0 unspecified atom stereocenters. The normalized spacial score (nSPS) is 10.3. The van der Waals surface area contributed by atoms with Crippen LogP contribution in [0.1, 0.15) is 29.8 Å². The maximum absolute atomic E-state index is 12.3. The van der Waals surface area contributed by atoms with Gasteiger partial charge in [-0.15, -0.1) is 0 Å². The van der Waals surface area contributed by atoms with Gasteiger partial charge < -0.3 is 10.1 Å². The van der Waals surface area contributed by atoms with E-state index in [4.69, 9.17) is 17.0 Å². The van der Waals surface area contributed by atoms with Crippen LogP contribution in [0.25, 0.3) is 0 Å². The molecule has 0 fully saturated rings. The molecule has 0 radical (unpaired) electrons. The second kappa shape index (κ2) is 8.45. The van der Waals surface area contributed by atoms with Gasteiger partial charge in [0, 0.05) is 11.3 Å². The third-order valence-electron chi connectivity index (χ3n) is 3.18. The largest absolute Gasteiger partial charge is 0.493 e. The van der Waals surface area contributed by atoms with E-state index < -0.39 is 0 Å². The first-order chi connectivity index (χ1) is 11.4. The summed E-state index contributed by atoms with van der Waals surface area (Å²) < 4.78 is 5.64. The minimum Gasteiger partial charge on any atom is -0.493 e. The number of carbonyl (C=O) groups is 1. The van der Waals surface area contributed by atoms with E-state index in [1.54, 1.807) is 18.2 Å². The van der Waals surface area contributed by atoms with Gasteiger partial charge in [-0.2, -0.15) is 0 Å². The maximum Gasteiger partial charge on any atom is 0.257 e. The van der Waals surface area contributed by atoms with Crippen LogP contribution in [0.3, 0.4) is 0 Å². The first-order valence-electron chi connectivity index (χ1n) is 7.86. The van der Waals surface area contributed by atoms with Crippen molar-refractivity contribution in [2.45, 2.75) is 20.8 Å². The van der Waals surface area contributed by atoms with Crippen molar-refractivity contribution in [2.24, 2.45) is 5.92 Å². The second-order valence-electron chi connectivity index (χ2n) is 6.01. The zero-order chi connectivity index (χ0) is 17.5. The Labute approximate surface area is 148 Å². The van der Waals surface area contributed by atoms with Crippen LogP contribution in [0.2, 0.25) is 0 Å². The van der Waals surface area contributed by atoms with Crippen LogP contribution in [0.4, 0.5) is 5.69 Å². The third kappa shape index (κ3) is 5.66. The minimum absolute atomic E-state index is 0.263. The summed E-state index contributed by atoms with van der Waals surface area (Å²) in [5.74, 6) is 0.831. The highest BCUT2D eigenvalue weighted by atomic mass is 32.1. The van der Waals surface area contributed by atoms with Gasteiger partial charge in [-0.3, -0.25) is 10.1 Å². The van der Waals surface area contributed by atoms with Crippen LogP contribution >= 0.6 is 12.2 Å². The summed E-state index contributed by atoms with van der Waals surface area (Å²) in [5, 5.41) is 5.95. The van der Waals surface area contributed by atoms with E-state index in [2.05, 4.69) is 24.5 Å². The highest BCUT2D eigenvalue weighted by Crippen LogP contribution is 2.14. The van der Waals surface area contributed by atoms with Crippen molar-refractivity contribution in [3.8, 4) is 5.75 Å². The molecule has 2 N–H and O–H groups in total. The lowest BCUT2D eigenvalue weighted by Gasteiger charge is -2.12. The van der Waals surface area contributed by atoms with Gasteiger partial charge in [-0.25, -0.2) is 0 Å². The number of benzene rings is 2. The minimum atomic E-state index is -0.268. The van der Waals surface area contributed by atoms with E-state index in [-0.39, 0.29) is 11.0 Å². The summed E-state index contributed by atoms with van der Waals surface area (Å²) in [6, 6.07) is 14.8. The van der Waals surface area contributed by atoms with Crippen LogP contribution in [0.5, 0.6) is 5.75 Å². The van der Waals surface area contributed by atoms with E-state index in [0.717, 1.165) is 11.3 Å². The number of aryl methyl sites for hydroxylation is 1. The molecule has 0 saturated heterocycles. The SMILES string of the molecule is Cc1cccc(NC(=S)NC(=O)c2cccc(OCC(C)C)c2)c1. The lowest BCUT2D eigenvalue weighted by molar-refractivity contribution is 0.0977. The molecule has 5 heteroatoms. The number of anilines is 1. The molecule has 0 aromatic heterocycles. The van der Waals surface area contributed by atoms with Gasteiger partial charge >= 0.3 is 0 Å². The number of ether oxygens (including phenoxy) is 1. The van der Waals surface area contributed by atoms with Crippen molar-refractivity contribution < 1.29 is 9.53 Å². The summed E-state index contributed by atoms with van der Waals surface area (Å²) in [7, 11) is 0. The highest BCUT2D eigenvalue weighted by Gasteiger charge is 2.09. The number of rotatable bonds is 5. The number of carbonyl (C=O) groups excluding carboxylic acids is 1. The van der Waals surface area contributed by atoms with Gasteiger partial charge in [0.05, 0.1) is 6.61 Å². The molecule has 126 valence electrons. The molecule has 0 bridgehead atoms. The number of nitrogens with one attached hydrogen (secondary N) is 2. The lowest BCUT2D eigenvalue weighted by atomic mass is 10.2. The average Bonchev–Trinajstić information content (AvgIpc) is 2.53. The summed E-state index contributed by atoms with van der Waals surface area (Å²) in [5.41, 5.74) is 2.46. The molecule has 2 aromatic rings. The van der Waals surface area contributed by atoms with E-state index in [1.165, 1.54) is 0 Å². The van der Waals surface area contributed by atoms with Gasteiger partial charge in [0.25, 0.3) is 5.91 Å². The Morgan fingerprint density at radius 2 is 1.92 bits per heavy atom. The zero-order valence-corrected chi connectivity index (χ0v) is 14.9. The van der Waals surface area contributed by atoms with Crippen molar-refractivity contribution in [3.05, 3.63) is 59.7 Å². The van der Waals surface area contributed by atoms with E-state index >= 15 is 0 Å².